The Morgan fingerprint density at radius 2 is 1.80 bits per heavy atom. The minimum absolute atomic E-state index is 0.158. The van der Waals surface area contributed by atoms with Gasteiger partial charge in [-0.25, -0.2) is 4.98 Å². The molecular weight excluding hydrogens is 275 g/mol. The fourth-order valence-corrected chi connectivity index (χ4v) is 1.49. The average molecular weight is 283 g/mol. The number of nitrogens with zero attached hydrogens (tertiary/aromatic N) is 2. The summed E-state index contributed by atoms with van der Waals surface area (Å²) in [6, 6.07) is 6.70. The number of aromatic nitrogens is 1. The molecule has 2 rings (SSSR count). The average Bonchev–Trinajstić information content (AvgIpc) is 2.38. The van der Waals surface area contributed by atoms with Crippen LogP contribution in [0.1, 0.15) is 5.56 Å². The summed E-state index contributed by atoms with van der Waals surface area (Å²) in [6.45, 7) is 0. The minimum Gasteiger partial charge on any atom is -0.340 e. The van der Waals surface area contributed by atoms with Crippen LogP contribution in [0.2, 0.25) is 0 Å². The molecule has 1 N–H and O–H groups in total. The monoisotopic (exact) mass is 283 g/mol. The van der Waals surface area contributed by atoms with Gasteiger partial charge in [-0.15, -0.1) is 0 Å². The molecule has 0 aliphatic heterocycles. The van der Waals surface area contributed by atoms with Gasteiger partial charge in [-0.1, -0.05) is 0 Å². The van der Waals surface area contributed by atoms with Crippen molar-refractivity contribution in [3.63, 3.8) is 0 Å². The van der Waals surface area contributed by atoms with Crippen LogP contribution >= 0.6 is 0 Å². The highest BCUT2D eigenvalue weighted by Gasteiger charge is 2.29. The molecule has 1 aromatic heterocycles. The first kappa shape index (κ1) is 13.8. The smallest absolute Gasteiger partial charge is 0.340 e. The van der Waals surface area contributed by atoms with Gasteiger partial charge in [-0.3, -0.25) is 10.1 Å². The molecule has 0 atom stereocenters. The van der Waals surface area contributed by atoms with Crippen molar-refractivity contribution < 1.29 is 18.1 Å². The number of nitrogens with one attached hydrogen (secondary N) is 1. The minimum atomic E-state index is -4.40. The van der Waals surface area contributed by atoms with Crippen LogP contribution < -0.4 is 5.32 Å². The first-order valence-electron chi connectivity index (χ1n) is 5.41. The Kier molecular flexibility index (Phi) is 3.55. The molecule has 0 radical (unpaired) electrons. The third-order valence-corrected chi connectivity index (χ3v) is 2.44. The highest BCUT2D eigenvalue weighted by Crippen LogP contribution is 2.30. The Labute approximate surface area is 111 Å². The summed E-state index contributed by atoms with van der Waals surface area (Å²) in [7, 11) is 0. The van der Waals surface area contributed by atoms with Crippen LogP contribution in [0.25, 0.3) is 0 Å². The molecule has 0 unspecified atom stereocenters. The lowest BCUT2D eigenvalue weighted by atomic mass is 10.2. The van der Waals surface area contributed by atoms with E-state index in [4.69, 9.17) is 0 Å². The van der Waals surface area contributed by atoms with Crippen molar-refractivity contribution in [2.75, 3.05) is 5.32 Å². The zero-order valence-corrected chi connectivity index (χ0v) is 9.89. The van der Waals surface area contributed by atoms with Gasteiger partial charge in [0.25, 0.3) is 5.69 Å². The molecule has 8 heteroatoms. The molecule has 0 amide bonds. The van der Waals surface area contributed by atoms with E-state index in [-0.39, 0.29) is 11.5 Å². The standard InChI is InChI=1S/C12H8F3N3O2/c13-12(14,15)8-1-3-9(4-2-8)17-11-7-10(18(19)20)5-6-16-11/h1-7H,(H,16,17). The van der Waals surface area contributed by atoms with Crippen molar-refractivity contribution >= 4 is 17.2 Å². The van der Waals surface area contributed by atoms with E-state index in [0.717, 1.165) is 12.1 Å². The third-order valence-electron chi connectivity index (χ3n) is 2.44. The lowest BCUT2D eigenvalue weighted by Crippen LogP contribution is -2.04. The molecule has 0 saturated carbocycles. The molecular formula is C12H8F3N3O2. The molecule has 1 heterocycles. The van der Waals surface area contributed by atoms with Gasteiger partial charge in [-0.2, -0.15) is 13.2 Å². The fraction of sp³-hybridized carbons (Fsp3) is 0.0833. The van der Waals surface area contributed by atoms with Gasteiger partial charge >= 0.3 is 6.18 Å². The van der Waals surface area contributed by atoms with Crippen LogP contribution in [0.4, 0.5) is 30.4 Å². The quantitative estimate of drug-likeness (QED) is 0.688. The maximum absolute atomic E-state index is 12.4. The molecule has 0 aliphatic rings. The summed E-state index contributed by atoms with van der Waals surface area (Å²) >= 11 is 0. The van der Waals surface area contributed by atoms with Gasteiger partial charge in [0.1, 0.15) is 5.82 Å². The molecule has 0 saturated heterocycles. The van der Waals surface area contributed by atoms with E-state index < -0.39 is 16.7 Å². The first-order valence-corrected chi connectivity index (χ1v) is 5.41. The van der Waals surface area contributed by atoms with E-state index in [1.807, 2.05) is 0 Å². The van der Waals surface area contributed by atoms with Crippen molar-refractivity contribution in [3.05, 3.63) is 58.3 Å². The Morgan fingerprint density at radius 1 is 1.15 bits per heavy atom. The van der Waals surface area contributed by atoms with Gasteiger partial charge in [-0.05, 0) is 24.3 Å². The highest BCUT2D eigenvalue weighted by atomic mass is 19.4. The topological polar surface area (TPSA) is 68.1 Å². The van der Waals surface area contributed by atoms with E-state index >= 15 is 0 Å². The number of pyridine rings is 1. The molecule has 1 aromatic carbocycles. The molecule has 104 valence electrons. The third kappa shape index (κ3) is 3.22. The van der Waals surface area contributed by atoms with Crippen LogP contribution in [0.15, 0.2) is 42.6 Å². The van der Waals surface area contributed by atoms with Crippen molar-refractivity contribution in [1.82, 2.24) is 4.98 Å². The van der Waals surface area contributed by atoms with Crippen molar-refractivity contribution in [3.8, 4) is 0 Å². The molecule has 20 heavy (non-hydrogen) atoms. The number of rotatable bonds is 3. The number of hydrogen-bond acceptors (Lipinski definition) is 4. The summed E-state index contributed by atoms with van der Waals surface area (Å²) in [5.74, 6) is 0.180. The number of halogens is 3. The zero-order chi connectivity index (χ0) is 14.8. The van der Waals surface area contributed by atoms with Crippen molar-refractivity contribution in [2.24, 2.45) is 0 Å². The van der Waals surface area contributed by atoms with Crippen molar-refractivity contribution in [1.29, 1.82) is 0 Å². The van der Waals surface area contributed by atoms with Gasteiger partial charge in [0.15, 0.2) is 0 Å². The number of alkyl halides is 3. The maximum Gasteiger partial charge on any atom is 0.416 e. The van der Waals surface area contributed by atoms with Crippen LogP contribution in [0, 0.1) is 10.1 Å². The second kappa shape index (κ2) is 5.16. The Morgan fingerprint density at radius 3 is 2.35 bits per heavy atom. The number of anilines is 2. The van der Waals surface area contributed by atoms with Crippen LogP contribution in [-0.2, 0) is 6.18 Å². The summed E-state index contributed by atoms with van der Waals surface area (Å²) in [4.78, 5) is 13.9. The zero-order valence-electron chi connectivity index (χ0n) is 9.89. The van der Waals surface area contributed by atoms with Gasteiger partial charge in [0, 0.05) is 18.0 Å². The van der Waals surface area contributed by atoms with Crippen LogP contribution in [-0.4, -0.2) is 9.91 Å². The largest absolute Gasteiger partial charge is 0.416 e. The predicted molar refractivity (Wildman–Crippen MR) is 65.6 cm³/mol. The predicted octanol–water partition coefficient (Wildman–Crippen LogP) is 3.75. The second-order valence-electron chi connectivity index (χ2n) is 3.86. The van der Waals surface area contributed by atoms with E-state index in [9.17, 15) is 23.3 Å². The Bertz CT molecular complexity index is 627. The number of nitro groups is 1. The van der Waals surface area contributed by atoms with Crippen molar-refractivity contribution in [2.45, 2.75) is 6.18 Å². The van der Waals surface area contributed by atoms with E-state index in [0.29, 0.717) is 5.69 Å². The lowest BCUT2D eigenvalue weighted by molar-refractivity contribution is -0.384. The highest BCUT2D eigenvalue weighted by molar-refractivity contribution is 5.58. The number of benzene rings is 1. The normalized spacial score (nSPS) is 11.2. The lowest BCUT2D eigenvalue weighted by Gasteiger charge is -2.08. The van der Waals surface area contributed by atoms with Gasteiger partial charge in [0.05, 0.1) is 16.6 Å². The summed E-state index contributed by atoms with van der Waals surface area (Å²) in [6.07, 6.45) is -3.16. The molecule has 5 nitrogen and oxygen atoms in total. The van der Waals surface area contributed by atoms with E-state index in [1.165, 1.54) is 30.5 Å². The van der Waals surface area contributed by atoms with Gasteiger partial charge < -0.3 is 5.32 Å². The molecule has 0 fully saturated rings. The summed E-state index contributed by atoms with van der Waals surface area (Å²) in [5.41, 5.74) is -0.574. The fourth-order valence-electron chi connectivity index (χ4n) is 1.49. The Balaban J connectivity index is 2.18. The van der Waals surface area contributed by atoms with Crippen LogP contribution in [0.5, 0.6) is 0 Å². The second-order valence-corrected chi connectivity index (χ2v) is 3.86. The maximum atomic E-state index is 12.4. The Hall–Kier alpha value is -2.64. The van der Waals surface area contributed by atoms with E-state index in [1.54, 1.807) is 0 Å². The number of hydrogen-bond donors (Lipinski definition) is 1. The summed E-state index contributed by atoms with van der Waals surface area (Å²) < 4.78 is 37.1. The first-order chi connectivity index (χ1) is 9.36. The van der Waals surface area contributed by atoms with Gasteiger partial charge in [0.2, 0.25) is 0 Å². The molecule has 0 aliphatic carbocycles. The molecule has 0 spiro atoms. The van der Waals surface area contributed by atoms with E-state index in [2.05, 4.69) is 10.3 Å². The molecule has 2 aromatic rings. The molecule has 0 bridgehead atoms. The summed E-state index contributed by atoms with van der Waals surface area (Å²) in [5, 5.41) is 13.3. The SMILES string of the molecule is O=[N+]([O-])c1ccnc(Nc2ccc(C(F)(F)F)cc2)c1. The van der Waals surface area contributed by atoms with Crippen LogP contribution in [0.3, 0.4) is 0 Å².